The van der Waals surface area contributed by atoms with Crippen molar-refractivity contribution in [1.82, 2.24) is 19.5 Å². The molecule has 1 unspecified atom stereocenters. The summed E-state index contributed by atoms with van der Waals surface area (Å²) in [5, 5.41) is 42.1. The molecule has 1 aliphatic heterocycles. The lowest BCUT2D eigenvalue weighted by Gasteiger charge is -2.17. The molecule has 1 fully saturated rings. The summed E-state index contributed by atoms with van der Waals surface area (Å²) >= 11 is 0. The summed E-state index contributed by atoms with van der Waals surface area (Å²) in [5.74, 6) is -0.831. The second kappa shape index (κ2) is 8.32. The molecule has 3 aromatic rings. The fraction of sp³-hybridized carbons (Fsp3) is 0.368. The minimum atomic E-state index is -1.30. The largest absolute Gasteiger partial charge is 0.480 e. The first-order valence-corrected chi connectivity index (χ1v) is 9.33. The highest BCUT2D eigenvalue weighted by atomic mass is 16.6. The van der Waals surface area contributed by atoms with Crippen LogP contribution in [0.4, 0.5) is 5.82 Å². The molecule has 0 radical (unpaired) electrons. The first-order chi connectivity index (χ1) is 14.5. The van der Waals surface area contributed by atoms with Crippen molar-refractivity contribution in [3.8, 4) is 0 Å². The SMILES string of the molecule is O=C(O)[C@@H](Cc1ccccc1)Nc1ncnc2c1ncn2[C@@H]1O[C@H](CO)[C@H](O)C1O. The number of carboxylic acid groups (broad SMARTS) is 1. The molecule has 0 aliphatic carbocycles. The third-order valence-corrected chi connectivity index (χ3v) is 5.04. The molecule has 11 nitrogen and oxygen atoms in total. The number of aromatic nitrogens is 4. The van der Waals surface area contributed by atoms with Gasteiger partial charge in [0.15, 0.2) is 23.2 Å². The predicted octanol–water partition coefficient (Wildman–Crippen LogP) is -0.454. The van der Waals surface area contributed by atoms with Gasteiger partial charge in [-0.05, 0) is 5.56 Å². The van der Waals surface area contributed by atoms with Crippen molar-refractivity contribution >= 4 is 23.0 Å². The van der Waals surface area contributed by atoms with E-state index in [0.29, 0.717) is 0 Å². The van der Waals surface area contributed by atoms with Crippen LogP contribution in [0.3, 0.4) is 0 Å². The van der Waals surface area contributed by atoms with Crippen molar-refractivity contribution in [3.63, 3.8) is 0 Å². The van der Waals surface area contributed by atoms with Crippen molar-refractivity contribution < 1.29 is 30.0 Å². The molecule has 5 N–H and O–H groups in total. The maximum Gasteiger partial charge on any atom is 0.326 e. The van der Waals surface area contributed by atoms with E-state index in [2.05, 4.69) is 20.3 Å². The maximum absolute atomic E-state index is 11.8. The lowest BCUT2D eigenvalue weighted by molar-refractivity contribution is -0.137. The van der Waals surface area contributed by atoms with Gasteiger partial charge in [-0.1, -0.05) is 30.3 Å². The van der Waals surface area contributed by atoms with Gasteiger partial charge < -0.3 is 30.5 Å². The van der Waals surface area contributed by atoms with E-state index in [1.54, 1.807) is 0 Å². The number of aliphatic carboxylic acids is 1. The van der Waals surface area contributed by atoms with Crippen LogP contribution in [0.25, 0.3) is 11.2 Å². The topological polar surface area (TPSA) is 163 Å². The Morgan fingerprint density at radius 1 is 1.17 bits per heavy atom. The first kappa shape index (κ1) is 20.2. The zero-order valence-electron chi connectivity index (χ0n) is 15.7. The Hall–Kier alpha value is -3.12. The summed E-state index contributed by atoms with van der Waals surface area (Å²) in [6.45, 7) is -0.455. The number of hydrogen-bond acceptors (Lipinski definition) is 9. The number of carboxylic acids is 1. The molecule has 1 aromatic carbocycles. The number of benzene rings is 1. The Bertz CT molecular complexity index is 1030. The van der Waals surface area contributed by atoms with Gasteiger partial charge in [0.05, 0.1) is 12.9 Å². The van der Waals surface area contributed by atoms with E-state index in [1.807, 2.05) is 30.3 Å². The zero-order valence-corrected chi connectivity index (χ0v) is 15.7. The molecular weight excluding hydrogens is 394 g/mol. The molecule has 1 aliphatic rings. The number of aliphatic hydroxyl groups excluding tert-OH is 3. The molecule has 2 aromatic heterocycles. The second-order valence-electron chi connectivity index (χ2n) is 7.00. The molecule has 3 heterocycles. The van der Waals surface area contributed by atoms with Gasteiger partial charge in [0.1, 0.15) is 30.7 Å². The van der Waals surface area contributed by atoms with Crippen molar-refractivity contribution in [1.29, 1.82) is 0 Å². The molecule has 0 spiro atoms. The Morgan fingerprint density at radius 2 is 1.93 bits per heavy atom. The van der Waals surface area contributed by atoms with Crippen molar-refractivity contribution in [2.75, 3.05) is 11.9 Å². The minimum absolute atomic E-state index is 0.217. The predicted molar refractivity (Wildman–Crippen MR) is 104 cm³/mol. The van der Waals surface area contributed by atoms with Gasteiger partial charge in [0, 0.05) is 6.42 Å². The molecule has 0 bridgehead atoms. The summed E-state index contributed by atoms with van der Waals surface area (Å²) in [5.41, 5.74) is 1.42. The smallest absolute Gasteiger partial charge is 0.326 e. The molecule has 5 atom stereocenters. The van der Waals surface area contributed by atoms with E-state index in [9.17, 15) is 25.2 Å². The van der Waals surface area contributed by atoms with Crippen LogP contribution in [0.1, 0.15) is 11.8 Å². The highest BCUT2D eigenvalue weighted by Gasteiger charge is 2.44. The van der Waals surface area contributed by atoms with Crippen LogP contribution >= 0.6 is 0 Å². The monoisotopic (exact) mass is 415 g/mol. The average molecular weight is 415 g/mol. The van der Waals surface area contributed by atoms with E-state index in [-0.39, 0.29) is 23.4 Å². The number of hydrogen-bond donors (Lipinski definition) is 5. The standard InChI is InChI=1S/C19H21N5O6/c25-7-12-14(26)15(27)18(30-12)24-9-22-13-16(20-8-21-17(13)24)23-11(19(28)29)6-10-4-2-1-3-5-10/h1-5,8-9,11-12,14-15,18,25-27H,6-7H2,(H,28,29)(H,20,21,23)/t11-,12-,14+,15?,18-/m1/s1. The zero-order chi connectivity index (χ0) is 21.3. The highest BCUT2D eigenvalue weighted by molar-refractivity contribution is 5.86. The van der Waals surface area contributed by atoms with Gasteiger partial charge in [-0.25, -0.2) is 19.7 Å². The fourth-order valence-corrected chi connectivity index (χ4v) is 3.47. The molecule has 4 rings (SSSR count). The van der Waals surface area contributed by atoms with Crippen LogP contribution in [0.2, 0.25) is 0 Å². The number of anilines is 1. The van der Waals surface area contributed by atoms with Gasteiger partial charge in [-0.3, -0.25) is 4.57 Å². The number of aliphatic hydroxyl groups is 3. The summed E-state index contributed by atoms with van der Waals surface area (Å²) in [6, 6.07) is 8.24. The van der Waals surface area contributed by atoms with Crippen LogP contribution in [-0.4, -0.2) is 76.9 Å². The normalized spacial score (nSPS) is 24.8. The molecule has 0 saturated carbocycles. The van der Waals surface area contributed by atoms with Gasteiger partial charge in [0.2, 0.25) is 0 Å². The van der Waals surface area contributed by atoms with E-state index in [4.69, 9.17) is 4.74 Å². The number of fused-ring (bicyclic) bond motifs is 1. The minimum Gasteiger partial charge on any atom is -0.480 e. The second-order valence-corrected chi connectivity index (χ2v) is 7.00. The molecular formula is C19H21N5O6. The number of carbonyl (C=O) groups is 1. The van der Waals surface area contributed by atoms with E-state index < -0.39 is 43.2 Å². The Morgan fingerprint density at radius 3 is 2.60 bits per heavy atom. The summed E-state index contributed by atoms with van der Waals surface area (Å²) in [7, 11) is 0. The lowest BCUT2D eigenvalue weighted by atomic mass is 10.1. The van der Waals surface area contributed by atoms with Crippen LogP contribution in [0.5, 0.6) is 0 Å². The van der Waals surface area contributed by atoms with Crippen molar-refractivity contribution in [2.45, 2.75) is 37.0 Å². The third-order valence-electron chi connectivity index (χ3n) is 5.04. The fourth-order valence-electron chi connectivity index (χ4n) is 3.47. The van der Waals surface area contributed by atoms with Gasteiger partial charge >= 0.3 is 5.97 Å². The van der Waals surface area contributed by atoms with Gasteiger partial charge in [0.25, 0.3) is 0 Å². The molecule has 1 saturated heterocycles. The lowest BCUT2D eigenvalue weighted by Crippen LogP contribution is -2.33. The molecule has 158 valence electrons. The maximum atomic E-state index is 11.8. The van der Waals surface area contributed by atoms with Crippen LogP contribution in [0, 0.1) is 0 Å². The summed E-state index contributed by atoms with van der Waals surface area (Å²) in [4.78, 5) is 24.3. The van der Waals surface area contributed by atoms with E-state index in [1.165, 1.54) is 17.2 Å². The average Bonchev–Trinajstić information content (AvgIpc) is 3.30. The van der Waals surface area contributed by atoms with E-state index in [0.717, 1.165) is 5.56 Å². The van der Waals surface area contributed by atoms with Crippen molar-refractivity contribution in [2.24, 2.45) is 0 Å². The highest BCUT2D eigenvalue weighted by Crippen LogP contribution is 2.32. The van der Waals surface area contributed by atoms with Crippen LogP contribution < -0.4 is 5.32 Å². The molecule has 11 heteroatoms. The quantitative estimate of drug-likeness (QED) is 0.341. The van der Waals surface area contributed by atoms with Crippen molar-refractivity contribution in [3.05, 3.63) is 48.5 Å². The number of rotatable bonds is 7. The van der Waals surface area contributed by atoms with Gasteiger partial charge in [-0.2, -0.15) is 0 Å². The molecule has 0 amide bonds. The first-order valence-electron chi connectivity index (χ1n) is 9.33. The Labute approximate surface area is 170 Å². The number of nitrogens with zero attached hydrogens (tertiary/aromatic N) is 4. The molecule has 30 heavy (non-hydrogen) atoms. The van der Waals surface area contributed by atoms with Crippen LogP contribution in [-0.2, 0) is 16.0 Å². The van der Waals surface area contributed by atoms with E-state index >= 15 is 0 Å². The van der Waals surface area contributed by atoms with Gasteiger partial charge in [-0.15, -0.1) is 0 Å². The Balaban J connectivity index is 1.62. The summed E-state index contributed by atoms with van der Waals surface area (Å²) < 4.78 is 6.94. The third kappa shape index (κ3) is 3.71. The Kier molecular flexibility index (Phi) is 5.59. The summed E-state index contributed by atoms with van der Waals surface area (Å²) in [6.07, 6.45) is -1.68. The number of ether oxygens (including phenoxy) is 1. The van der Waals surface area contributed by atoms with Crippen LogP contribution in [0.15, 0.2) is 43.0 Å². The number of imidazole rings is 1. The number of nitrogens with one attached hydrogen (secondary N) is 1.